The molecule has 2 rings (SSSR count). The van der Waals surface area contributed by atoms with Crippen LogP contribution in [0.2, 0.25) is 0 Å². The van der Waals surface area contributed by atoms with Crippen LogP contribution in [0.5, 0.6) is 0 Å². The molecule has 12 heavy (non-hydrogen) atoms. The number of likely N-dealkylation sites (tertiary alicyclic amines) is 1. The fraction of sp³-hybridized carbons (Fsp3) is 0.750. The molecule has 0 saturated carbocycles. The van der Waals surface area contributed by atoms with Gasteiger partial charge < -0.3 is 0 Å². The Hall–Kier alpha value is -0.530. The largest absolute Gasteiger partial charge is 0.287 e. The molecule has 0 amide bonds. The lowest BCUT2D eigenvalue weighted by molar-refractivity contribution is 0.298. The van der Waals surface area contributed by atoms with Crippen molar-refractivity contribution in [3.05, 3.63) is 0 Å². The lowest BCUT2D eigenvalue weighted by atomic mass is 10.2. The predicted molar refractivity (Wildman–Crippen MR) is 46.4 cm³/mol. The average Bonchev–Trinajstić information content (AvgIpc) is 2.44. The molecule has 2 saturated heterocycles. The molecule has 3 nitrogen and oxygen atoms in total. The normalized spacial score (nSPS) is 38.2. The molecule has 2 aliphatic heterocycles. The van der Waals surface area contributed by atoms with Crippen molar-refractivity contribution in [1.29, 1.82) is 0 Å². The van der Waals surface area contributed by atoms with Gasteiger partial charge in [0, 0.05) is 12.6 Å². The van der Waals surface area contributed by atoms with E-state index in [4.69, 9.17) is 6.42 Å². The van der Waals surface area contributed by atoms with Crippen molar-refractivity contribution < 1.29 is 8.42 Å². The summed E-state index contributed by atoms with van der Waals surface area (Å²) in [6.07, 6.45) is 5.96. The van der Waals surface area contributed by atoms with Crippen molar-refractivity contribution >= 4 is 9.84 Å². The van der Waals surface area contributed by atoms with E-state index in [2.05, 4.69) is 10.8 Å². The summed E-state index contributed by atoms with van der Waals surface area (Å²) >= 11 is 0. The summed E-state index contributed by atoms with van der Waals surface area (Å²) in [6.45, 7) is 1.24. The van der Waals surface area contributed by atoms with Crippen molar-refractivity contribution in [2.24, 2.45) is 0 Å². The van der Waals surface area contributed by atoms with Crippen LogP contribution in [0.15, 0.2) is 0 Å². The summed E-state index contributed by atoms with van der Waals surface area (Å²) in [5, 5.41) is -0.129. The van der Waals surface area contributed by atoms with Crippen molar-refractivity contribution in [3.63, 3.8) is 0 Å². The molecule has 4 heteroatoms. The molecule has 0 aliphatic carbocycles. The van der Waals surface area contributed by atoms with Crippen LogP contribution < -0.4 is 0 Å². The minimum Gasteiger partial charge on any atom is -0.287 e. The van der Waals surface area contributed by atoms with Gasteiger partial charge in [0.15, 0.2) is 9.84 Å². The van der Waals surface area contributed by atoms with Crippen molar-refractivity contribution in [2.45, 2.75) is 17.7 Å². The quantitative estimate of drug-likeness (QED) is 0.516. The summed E-state index contributed by atoms with van der Waals surface area (Å²) in [5.74, 6) is 2.87. The van der Waals surface area contributed by atoms with Gasteiger partial charge in [0.05, 0.1) is 17.5 Å². The number of hydrogen-bond donors (Lipinski definition) is 0. The van der Waals surface area contributed by atoms with Crippen molar-refractivity contribution in [2.75, 3.05) is 18.8 Å². The van der Waals surface area contributed by atoms with Gasteiger partial charge >= 0.3 is 0 Å². The number of rotatable bonds is 1. The van der Waals surface area contributed by atoms with E-state index >= 15 is 0 Å². The zero-order valence-corrected chi connectivity index (χ0v) is 7.55. The van der Waals surface area contributed by atoms with Crippen molar-refractivity contribution in [3.8, 4) is 12.3 Å². The third kappa shape index (κ3) is 1.05. The Morgan fingerprint density at radius 3 is 2.75 bits per heavy atom. The first-order valence-electron chi connectivity index (χ1n) is 4.02. The average molecular weight is 185 g/mol. The Morgan fingerprint density at radius 1 is 1.58 bits per heavy atom. The molecule has 66 valence electrons. The van der Waals surface area contributed by atoms with Gasteiger partial charge in [-0.05, 0) is 6.42 Å². The zero-order valence-electron chi connectivity index (χ0n) is 6.73. The Kier molecular flexibility index (Phi) is 1.67. The van der Waals surface area contributed by atoms with Crippen LogP contribution in [0.25, 0.3) is 0 Å². The molecular weight excluding hydrogens is 174 g/mol. The second-order valence-corrected chi connectivity index (χ2v) is 5.80. The van der Waals surface area contributed by atoms with Crippen LogP contribution in [-0.2, 0) is 9.84 Å². The van der Waals surface area contributed by atoms with Crippen LogP contribution >= 0.6 is 0 Å². The van der Waals surface area contributed by atoms with Gasteiger partial charge in [-0.15, -0.1) is 6.42 Å². The minimum absolute atomic E-state index is 0.129. The van der Waals surface area contributed by atoms with Crippen LogP contribution in [0.4, 0.5) is 0 Å². The van der Waals surface area contributed by atoms with E-state index in [9.17, 15) is 8.42 Å². The molecule has 2 unspecified atom stereocenters. The molecule has 2 aliphatic rings. The Bertz CT molecular complexity index is 327. The second kappa shape index (κ2) is 2.48. The SMILES string of the molecule is C#CCN1CC2CC1CS2(=O)=O. The van der Waals surface area contributed by atoms with Gasteiger partial charge in [-0.1, -0.05) is 5.92 Å². The molecule has 0 aromatic rings. The van der Waals surface area contributed by atoms with E-state index in [-0.39, 0.29) is 11.3 Å². The van der Waals surface area contributed by atoms with Crippen LogP contribution in [0, 0.1) is 12.3 Å². The van der Waals surface area contributed by atoms with E-state index in [0.717, 1.165) is 6.42 Å². The standard InChI is InChI=1S/C8H11NO2S/c1-2-3-9-5-8-4-7(9)6-12(8,10)11/h1,7-8H,3-6H2. The third-order valence-corrected chi connectivity index (χ3v) is 4.92. The van der Waals surface area contributed by atoms with Gasteiger partial charge in [0.1, 0.15) is 0 Å². The lowest BCUT2D eigenvalue weighted by Crippen LogP contribution is -2.40. The smallest absolute Gasteiger partial charge is 0.156 e. The number of fused-ring (bicyclic) bond motifs is 2. The second-order valence-electron chi connectivity index (χ2n) is 3.47. The fourth-order valence-corrected chi connectivity index (χ4v) is 4.18. The molecule has 2 fully saturated rings. The van der Waals surface area contributed by atoms with E-state index in [0.29, 0.717) is 18.8 Å². The lowest BCUT2D eigenvalue weighted by Gasteiger charge is -2.23. The number of hydrogen-bond acceptors (Lipinski definition) is 3. The summed E-state index contributed by atoms with van der Waals surface area (Å²) in [7, 11) is -2.75. The maximum atomic E-state index is 11.3. The molecule has 0 aromatic carbocycles. The van der Waals surface area contributed by atoms with Gasteiger partial charge in [0.2, 0.25) is 0 Å². The third-order valence-electron chi connectivity index (χ3n) is 2.72. The van der Waals surface area contributed by atoms with Crippen molar-refractivity contribution in [1.82, 2.24) is 4.90 Å². The van der Waals surface area contributed by atoms with Gasteiger partial charge in [0.25, 0.3) is 0 Å². The fourth-order valence-electron chi connectivity index (χ4n) is 2.09. The molecule has 0 N–H and O–H groups in total. The Morgan fingerprint density at radius 2 is 2.33 bits per heavy atom. The maximum Gasteiger partial charge on any atom is 0.156 e. The van der Waals surface area contributed by atoms with E-state index < -0.39 is 9.84 Å². The Balaban J connectivity index is 2.14. The summed E-state index contributed by atoms with van der Waals surface area (Å²) in [4.78, 5) is 2.09. The molecule has 2 heterocycles. The Labute approximate surface area is 72.7 Å². The highest BCUT2D eigenvalue weighted by Crippen LogP contribution is 2.32. The van der Waals surface area contributed by atoms with Crippen LogP contribution in [0.3, 0.4) is 0 Å². The van der Waals surface area contributed by atoms with Crippen LogP contribution in [-0.4, -0.2) is 43.5 Å². The molecule has 2 bridgehead atoms. The number of sulfone groups is 1. The van der Waals surface area contributed by atoms with Crippen LogP contribution in [0.1, 0.15) is 6.42 Å². The predicted octanol–water partition coefficient (Wildman–Crippen LogP) is -0.509. The first-order chi connectivity index (χ1) is 5.63. The molecule has 0 aromatic heterocycles. The minimum atomic E-state index is -2.75. The maximum absolute atomic E-state index is 11.3. The van der Waals surface area contributed by atoms with E-state index in [1.54, 1.807) is 0 Å². The molecule has 2 atom stereocenters. The topological polar surface area (TPSA) is 37.4 Å². The van der Waals surface area contributed by atoms with E-state index in [1.807, 2.05) is 0 Å². The summed E-state index contributed by atoms with van der Waals surface area (Å²) in [6, 6.07) is 0.205. The molecule has 0 spiro atoms. The van der Waals surface area contributed by atoms with Gasteiger partial charge in [-0.3, -0.25) is 4.90 Å². The highest BCUT2D eigenvalue weighted by atomic mass is 32.2. The van der Waals surface area contributed by atoms with E-state index in [1.165, 1.54) is 0 Å². The van der Waals surface area contributed by atoms with Gasteiger partial charge in [-0.2, -0.15) is 0 Å². The first kappa shape index (κ1) is 8.09. The summed E-state index contributed by atoms with van der Waals surface area (Å²) < 4.78 is 22.6. The number of nitrogens with zero attached hydrogens (tertiary/aromatic N) is 1. The monoisotopic (exact) mass is 185 g/mol. The zero-order chi connectivity index (χ0) is 8.77. The number of terminal acetylenes is 1. The first-order valence-corrected chi connectivity index (χ1v) is 5.74. The van der Waals surface area contributed by atoms with Gasteiger partial charge in [-0.25, -0.2) is 8.42 Å². The molecule has 0 radical (unpaired) electrons. The highest BCUT2D eigenvalue weighted by molar-refractivity contribution is 7.92. The highest BCUT2D eigenvalue weighted by Gasteiger charge is 2.47. The molecular formula is C8H11NO2S. The summed E-state index contributed by atoms with van der Waals surface area (Å²) in [5.41, 5.74) is 0.